The van der Waals surface area contributed by atoms with Gasteiger partial charge >= 0.3 is 0 Å². The fraction of sp³-hybridized carbons (Fsp3) is 1.00. The zero-order valence-corrected chi connectivity index (χ0v) is 11.0. The van der Waals surface area contributed by atoms with Crippen LogP contribution in [-0.2, 0) is 0 Å². The highest BCUT2D eigenvalue weighted by Crippen LogP contribution is 2.16. The van der Waals surface area contributed by atoms with Gasteiger partial charge in [-0.05, 0) is 52.2 Å². The number of nitrogens with zero attached hydrogens (tertiary/aromatic N) is 2. The van der Waals surface area contributed by atoms with Gasteiger partial charge in [0, 0.05) is 19.1 Å². The van der Waals surface area contributed by atoms with Crippen molar-refractivity contribution in [1.82, 2.24) is 9.80 Å². The van der Waals surface area contributed by atoms with Crippen molar-refractivity contribution in [3.8, 4) is 0 Å². The van der Waals surface area contributed by atoms with Gasteiger partial charge < -0.3 is 4.90 Å². The molecule has 0 aliphatic carbocycles. The molecule has 2 saturated heterocycles. The first-order chi connectivity index (χ1) is 7.86. The van der Waals surface area contributed by atoms with Gasteiger partial charge in [-0.25, -0.2) is 0 Å². The number of hydrogen-bond donors (Lipinski definition) is 0. The van der Waals surface area contributed by atoms with Gasteiger partial charge in [-0.1, -0.05) is 19.3 Å². The molecule has 16 heavy (non-hydrogen) atoms. The minimum atomic E-state index is 0.826. The van der Waals surface area contributed by atoms with Crippen molar-refractivity contribution in [3.05, 3.63) is 0 Å². The molecule has 0 aromatic rings. The Kier molecular flexibility index (Phi) is 5.11. The SMILES string of the molecule is C[C@@H]1CCCCCN1CCN1CCCCC1. The molecule has 2 nitrogen and oxygen atoms in total. The molecule has 0 amide bonds. The van der Waals surface area contributed by atoms with Crippen molar-refractivity contribution in [2.24, 2.45) is 0 Å². The fourth-order valence-electron chi connectivity index (χ4n) is 3.12. The van der Waals surface area contributed by atoms with Crippen LogP contribution in [-0.4, -0.2) is 48.6 Å². The lowest BCUT2D eigenvalue weighted by molar-refractivity contribution is 0.156. The van der Waals surface area contributed by atoms with E-state index in [0.29, 0.717) is 0 Å². The highest BCUT2D eigenvalue weighted by atomic mass is 15.2. The number of likely N-dealkylation sites (tertiary alicyclic amines) is 2. The van der Waals surface area contributed by atoms with E-state index >= 15 is 0 Å². The Morgan fingerprint density at radius 2 is 1.50 bits per heavy atom. The van der Waals surface area contributed by atoms with Gasteiger partial charge in [-0.2, -0.15) is 0 Å². The number of hydrogen-bond acceptors (Lipinski definition) is 2. The Bertz CT molecular complexity index is 187. The molecule has 0 unspecified atom stereocenters. The van der Waals surface area contributed by atoms with E-state index in [0.717, 1.165) is 6.04 Å². The summed E-state index contributed by atoms with van der Waals surface area (Å²) in [6.45, 7) is 9.08. The largest absolute Gasteiger partial charge is 0.302 e. The second-order valence-electron chi connectivity index (χ2n) is 5.64. The molecule has 2 heteroatoms. The third-order valence-electron chi connectivity index (χ3n) is 4.34. The molecule has 0 saturated carbocycles. The molecule has 1 atom stereocenters. The topological polar surface area (TPSA) is 6.48 Å². The second kappa shape index (κ2) is 6.61. The van der Waals surface area contributed by atoms with E-state index in [-0.39, 0.29) is 0 Å². The number of rotatable bonds is 3. The lowest BCUT2D eigenvalue weighted by atomic mass is 10.1. The lowest BCUT2D eigenvalue weighted by Gasteiger charge is -2.32. The Hall–Kier alpha value is -0.0800. The van der Waals surface area contributed by atoms with Crippen LogP contribution >= 0.6 is 0 Å². The van der Waals surface area contributed by atoms with Crippen LogP contribution in [0.5, 0.6) is 0 Å². The predicted octanol–water partition coefficient (Wildman–Crippen LogP) is 2.74. The minimum absolute atomic E-state index is 0.826. The third-order valence-corrected chi connectivity index (χ3v) is 4.34. The Labute approximate surface area is 101 Å². The van der Waals surface area contributed by atoms with Gasteiger partial charge in [0.2, 0.25) is 0 Å². The molecule has 0 aromatic heterocycles. The van der Waals surface area contributed by atoms with Crippen molar-refractivity contribution < 1.29 is 0 Å². The highest BCUT2D eigenvalue weighted by molar-refractivity contribution is 4.74. The minimum Gasteiger partial charge on any atom is -0.302 e. The van der Waals surface area contributed by atoms with Crippen molar-refractivity contribution in [2.45, 2.75) is 57.9 Å². The zero-order valence-electron chi connectivity index (χ0n) is 11.0. The molecule has 2 aliphatic heterocycles. The van der Waals surface area contributed by atoms with E-state index in [4.69, 9.17) is 0 Å². The summed E-state index contributed by atoms with van der Waals surface area (Å²) in [4.78, 5) is 5.39. The standard InChI is InChI=1S/C14H28N2/c1-14-8-4-2-7-11-16(14)13-12-15-9-5-3-6-10-15/h14H,2-13H2,1H3/t14-/m1/s1. The first-order valence-electron chi connectivity index (χ1n) is 7.32. The molecule has 2 aliphatic rings. The van der Waals surface area contributed by atoms with Crippen LogP contribution < -0.4 is 0 Å². The van der Waals surface area contributed by atoms with Gasteiger partial charge in [-0.3, -0.25) is 4.90 Å². The van der Waals surface area contributed by atoms with Crippen LogP contribution in [0.4, 0.5) is 0 Å². The average Bonchev–Trinajstić information content (AvgIpc) is 2.53. The summed E-state index contributed by atoms with van der Waals surface area (Å²) >= 11 is 0. The summed E-state index contributed by atoms with van der Waals surface area (Å²) in [5.74, 6) is 0. The van der Waals surface area contributed by atoms with Crippen LogP contribution in [0.25, 0.3) is 0 Å². The summed E-state index contributed by atoms with van der Waals surface area (Å²) in [6.07, 6.45) is 10.0. The molecule has 0 aromatic carbocycles. The van der Waals surface area contributed by atoms with E-state index in [1.807, 2.05) is 0 Å². The summed E-state index contributed by atoms with van der Waals surface area (Å²) in [6, 6.07) is 0.826. The monoisotopic (exact) mass is 224 g/mol. The molecule has 94 valence electrons. The zero-order chi connectivity index (χ0) is 11.2. The molecule has 2 fully saturated rings. The Morgan fingerprint density at radius 3 is 2.31 bits per heavy atom. The molecular weight excluding hydrogens is 196 g/mol. The maximum absolute atomic E-state index is 2.72. The molecular formula is C14H28N2. The summed E-state index contributed by atoms with van der Waals surface area (Å²) in [7, 11) is 0. The van der Waals surface area contributed by atoms with Crippen molar-refractivity contribution >= 4 is 0 Å². The predicted molar refractivity (Wildman–Crippen MR) is 69.8 cm³/mol. The van der Waals surface area contributed by atoms with Gasteiger partial charge in [-0.15, -0.1) is 0 Å². The molecule has 2 heterocycles. The van der Waals surface area contributed by atoms with Gasteiger partial charge in [0.1, 0.15) is 0 Å². The van der Waals surface area contributed by atoms with Crippen LogP contribution in [0.15, 0.2) is 0 Å². The van der Waals surface area contributed by atoms with Gasteiger partial charge in [0.15, 0.2) is 0 Å². The van der Waals surface area contributed by atoms with Gasteiger partial charge in [0.25, 0.3) is 0 Å². The highest BCUT2D eigenvalue weighted by Gasteiger charge is 2.18. The maximum Gasteiger partial charge on any atom is 0.0112 e. The van der Waals surface area contributed by atoms with Gasteiger partial charge in [0.05, 0.1) is 0 Å². The normalized spacial score (nSPS) is 30.2. The van der Waals surface area contributed by atoms with E-state index < -0.39 is 0 Å². The fourth-order valence-corrected chi connectivity index (χ4v) is 3.12. The van der Waals surface area contributed by atoms with Crippen LogP contribution in [0, 0.1) is 0 Å². The quantitative estimate of drug-likeness (QED) is 0.727. The van der Waals surface area contributed by atoms with E-state index in [2.05, 4.69) is 16.7 Å². The lowest BCUT2D eigenvalue weighted by Crippen LogP contribution is -2.41. The first-order valence-corrected chi connectivity index (χ1v) is 7.32. The van der Waals surface area contributed by atoms with Crippen molar-refractivity contribution in [2.75, 3.05) is 32.7 Å². The van der Waals surface area contributed by atoms with E-state index in [9.17, 15) is 0 Å². The van der Waals surface area contributed by atoms with E-state index in [1.165, 1.54) is 77.7 Å². The average molecular weight is 224 g/mol. The molecule has 0 N–H and O–H groups in total. The molecule has 0 spiro atoms. The summed E-state index contributed by atoms with van der Waals surface area (Å²) in [5.41, 5.74) is 0. The maximum atomic E-state index is 2.72. The first kappa shape index (κ1) is 12.4. The second-order valence-corrected chi connectivity index (χ2v) is 5.64. The smallest absolute Gasteiger partial charge is 0.0112 e. The van der Waals surface area contributed by atoms with Crippen LogP contribution in [0.1, 0.15) is 51.9 Å². The number of piperidine rings is 1. The van der Waals surface area contributed by atoms with Crippen LogP contribution in [0.3, 0.4) is 0 Å². The summed E-state index contributed by atoms with van der Waals surface area (Å²) < 4.78 is 0. The van der Waals surface area contributed by atoms with E-state index in [1.54, 1.807) is 0 Å². The van der Waals surface area contributed by atoms with Crippen LogP contribution in [0.2, 0.25) is 0 Å². The molecule has 2 rings (SSSR count). The molecule has 0 radical (unpaired) electrons. The van der Waals surface area contributed by atoms with Crippen molar-refractivity contribution in [1.29, 1.82) is 0 Å². The third kappa shape index (κ3) is 3.74. The van der Waals surface area contributed by atoms with Crippen molar-refractivity contribution in [3.63, 3.8) is 0 Å². The summed E-state index contributed by atoms with van der Waals surface area (Å²) in [5, 5.41) is 0. The Balaban J connectivity index is 1.70. The Morgan fingerprint density at radius 1 is 0.812 bits per heavy atom. The molecule has 0 bridgehead atoms.